The molecule has 168 valence electrons. The Morgan fingerprint density at radius 2 is 1.68 bits per heavy atom. The van der Waals surface area contributed by atoms with Crippen molar-refractivity contribution in [2.45, 2.75) is 60.2 Å². The van der Waals surface area contributed by atoms with E-state index in [-0.39, 0.29) is 31.0 Å². The van der Waals surface area contributed by atoms with Gasteiger partial charge in [0, 0.05) is 28.2 Å². The van der Waals surface area contributed by atoms with Gasteiger partial charge in [-0.15, -0.1) is 0 Å². The maximum absolute atomic E-state index is 13.2. The molecule has 2 aromatic carbocycles. The molecule has 1 atom stereocenters. The Kier molecular flexibility index (Phi) is 8.78. The molecule has 7 heteroatoms. The number of ether oxygens (including phenoxy) is 1. The Hall–Kier alpha value is -2.24. The van der Waals surface area contributed by atoms with E-state index in [1.54, 1.807) is 25.1 Å². The van der Waals surface area contributed by atoms with Crippen molar-refractivity contribution in [3.63, 3.8) is 0 Å². The molecule has 0 radical (unpaired) electrons. The van der Waals surface area contributed by atoms with E-state index in [4.69, 9.17) is 27.9 Å². The van der Waals surface area contributed by atoms with E-state index >= 15 is 0 Å². The molecule has 1 N–H and O–H groups in total. The summed E-state index contributed by atoms with van der Waals surface area (Å²) in [7, 11) is 0. The quantitative estimate of drug-likeness (QED) is 0.580. The molecule has 0 aliphatic carbocycles. The van der Waals surface area contributed by atoms with Crippen LogP contribution < -0.4 is 10.1 Å². The molecule has 0 spiro atoms. The minimum absolute atomic E-state index is 0.0510. The Labute approximate surface area is 194 Å². The number of amides is 2. The average molecular weight is 465 g/mol. The number of carbonyl (C=O) groups excluding carboxylic acids is 2. The standard InChI is InChI=1S/C24H30Cl2N2O3/c1-14(2)27-24(30)18(6)28(12-19-20(25)8-7-9-21(19)26)23(29)13-31-22-11-15(3)10-16(4)17(22)5/h7-11,14,18H,12-13H2,1-6H3,(H,27,30)/t18-/m1/s1. The molecule has 31 heavy (non-hydrogen) atoms. The van der Waals surface area contributed by atoms with Gasteiger partial charge in [-0.05, 0) is 76.4 Å². The average Bonchev–Trinajstić information content (AvgIpc) is 2.68. The maximum atomic E-state index is 13.2. The van der Waals surface area contributed by atoms with E-state index in [9.17, 15) is 9.59 Å². The van der Waals surface area contributed by atoms with Crippen LogP contribution in [0.2, 0.25) is 10.0 Å². The molecule has 0 heterocycles. The summed E-state index contributed by atoms with van der Waals surface area (Å²) in [5, 5.41) is 3.73. The number of aryl methyl sites for hydroxylation is 2. The Morgan fingerprint density at radius 1 is 1.06 bits per heavy atom. The van der Waals surface area contributed by atoms with E-state index < -0.39 is 6.04 Å². The second-order valence-electron chi connectivity index (χ2n) is 8.05. The van der Waals surface area contributed by atoms with Gasteiger partial charge in [-0.3, -0.25) is 9.59 Å². The second-order valence-corrected chi connectivity index (χ2v) is 8.87. The van der Waals surface area contributed by atoms with Gasteiger partial charge in [0.1, 0.15) is 11.8 Å². The highest BCUT2D eigenvalue weighted by Gasteiger charge is 2.28. The number of nitrogens with zero attached hydrogens (tertiary/aromatic N) is 1. The number of carbonyl (C=O) groups is 2. The molecule has 0 aliphatic heterocycles. The summed E-state index contributed by atoms with van der Waals surface area (Å²) in [5.74, 6) is 0.0657. The Bertz CT molecular complexity index is 940. The normalized spacial score (nSPS) is 11.9. The molecule has 0 saturated carbocycles. The zero-order valence-corrected chi connectivity index (χ0v) is 20.4. The van der Waals surface area contributed by atoms with Gasteiger partial charge in [0.25, 0.3) is 5.91 Å². The van der Waals surface area contributed by atoms with Crippen LogP contribution in [0.4, 0.5) is 0 Å². The van der Waals surface area contributed by atoms with Gasteiger partial charge < -0.3 is 15.0 Å². The molecule has 0 aromatic heterocycles. The lowest BCUT2D eigenvalue weighted by molar-refractivity contribution is -0.142. The molecule has 0 bridgehead atoms. The van der Waals surface area contributed by atoms with Crippen molar-refractivity contribution in [1.82, 2.24) is 10.2 Å². The fourth-order valence-electron chi connectivity index (χ4n) is 3.21. The fraction of sp³-hybridized carbons (Fsp3) is 0.417. The van der Waals surface area contributed by atoms with E-state index in [0.29, 0.717) is 21.4 Å². The first-order valence-electron chi connectivity index (χ1n) is 10.2. The number of hydrogen-bond donors (Lipinski definition) is 1. The van der Waals surface area contributed by atoms with Crippen molar-refractivity contribution < 1.29 is 14.3 Å². The summed E-state index contributed by atoms with van der Waals surface area (Å²) in [5.41, 5.74) is 3.71. The zero-order valence-electron chi connectivity index (χ0n) is 18.9. The summed E-state index contributed by atoms with van der Waals surface area (Å²) in [6.07, 6.45) is 0. The molecule has 0 fully saturated rings. The van der Waals surface area contributed by atoms with E-state index in [0.717, 1.165) is 16.7 Å². The highest BCUT2D eigenvalue weighted by molar-refractivity contribution is 6.36. The molecule has 2 aromatic rings. The van der Waals surface area contributed by atoms with Crippen LogP contribution in [0.1, 0.15) is 43.0 Å². The summed E-state index contributed by atoms with van der Waals surface area (Å²) < 4.78 is 5.86. The van der Waals surface area contributed by atoms with Gasteiger partial charge in [0.15, 0.2) is 6.61 Å². The fourth-order valence-corrected chi connectivity index (χ4v) is 3.73. The lowest BCUT2D eigenvalue weighted by Crippen LogP contribution is -2.50. The molecule has 0 saturated heterocycles. The van der Waals surface area contributed by atoms with Gasteiger partial charge in [0.2, 0.25) is 5.91 Å². The van der Waals surface area contributed by atoms with E-state index in [2.05, 4.69) is 11.4 Å². The van der Waals surface area contributed by atoms with Crippen LogP contribution in [-0.4, -0.2) is 35.4 Å². The maximum Gasteiger partial charge on any atom is 0.261 e. The topological polar surface area (TPSA) is 58.6 Å². The SMILES string of the molecule is Cc1cc(C)c(C)c(OCC(=O)N(Cc2c(Cl)cccc2Cl)[C@H](C)C(=O)NC(C)C)c1. The third-order valence-electron chi connectivity index (χ3n) is 5.10. The van der Waals surface area contributed by atoms with Gasteiger partial charge in [-0.2, -0.15) is 0 Å². The van der Waals surface area contributed by atoms with Gasteiger partial charge >= 0.3 is 0 Å². The minimum Gasteiger partial charge on any atom is -0.483 e. The van der Waals surface area contributed by atoms with Crippen molar-refractivity contribution in [2.75, 3.05) is 6.61 Å². The van der Waals surface area contributed by atoms with Crippen LogP contribution >= 0.6 is 23.2 Å². The first-order valence-corrected chi connectivity index (χ1v) is 11.0. The number of benzene rings is 2. The molecular formula is C24H30Cl2N2O3. The summed E-state index contributed by atoms with van der Waals surface area (Å²) in [6.45, 7) is 11.2. The minimum atomic E-state index is -0.730. The number of halogens is 2. The molecular weight excluding hydrogens is 435 g/mol. The Morgan fingerprint density at radius 3 is 2.26 bits per heavy atom. The highest BCUT2D eigenvalue weighted by atomic mass is 35.5. The first-order chi connectivity index (χ1) is 14.5. The van der Waals surface area contributed by atoms with Crippen LogP contribution in [0.15, 0.2) is 30.3 Å². The number of rotatable bonds is 8. The first kappa shape index (κ1) is 25.0. The van der Waals surface area contributed by atoms with Crippen molar-refractivity contribution >= 4 is 35.0 Å². The highest BCUT2D eigenvalue weighted by Crippen LogP contribution is 2.27. The van der Waals surface area contributed by atoms with Crippen LogP contribution in [0.25, 0.3) is 0 Å². The number of hydrogen-bond acceptors (Lipinski definition) is 3. The van der Waals surface area contributed by atoms with Crippen molar-refractivity contribution in [1.29, 1.82) is 0 Å². The summed E-state index contributed by atoms with van der Waals surface area (Å²) in [6, 6.07) is 8.34. The predicted octanol–water partition coefficient (Wildman–Crippen LogP) is 5.24. The van der Waals surface area contributed by atoms with Crippen molar-refractivity contribution in [3.8, 4) is 5.75 Å². The van der Waals surface area contributed by atoms with Crippen molar-refractivity contribution in [3.05, 3.63) is 62.6 Å². The summed E-state index contributed by atoms with van der Waals surface area (Å²) in [4.78, 5) is 27.3. The third-order valence-corrected chi connectivity index (χ3v) is 5.81. The smallest absolute Gasteiger partial charge is 0.261 e. The zero-order chi connectivity index (χ0) is 23.3. The third kappa shape index (κ3) is 6.62. The summed E-state index contributed by atoms with van der Waals surface area (Å²) >= 11 is 12.6. The monoisotopic (exact) mass is 464 g/mol. The van der Waals surface area contributed by atoms with Crippen molar-refractivity contribution in [2.24, 2.45) is 0 Å². The largest absolute Gasteiger partial charge is 0.483 e. The van der Waals surface area contributed by atoms with Gasteiger partial charge in [-0.25, -0.2) is 0 Å². The lowest BCUT2D eigenvalue weighted by Gasteiger charge is -2.30. The molecule has 2 amide bonds. The van der Waals surface area contributed by atoms with E-state index in [1.165, 1.54) is 4.90 Å². The van der Waals surface area contributed by atoms with Crippen LogP contribution in [0, 0.1) is 20.8 Å². The lowest BCUT2D eigenvalue weighted by atomic mass is 10.1. The van der Waals surface area contributed by atoms with Gasteiger partial charge in [-0.1, -0.05) is 35.3 Å². The van der Waals surface area contributed by atoms with E-state index in [1.807, 2.05) is 40.7 Å². The predicted molar refractivity (Wildman–Crippen MR) is 126 cm³/mol. The molecule has 0 unspecified atom stereocenters. The van der Waals surface area contributed by atoms with Crippen LogP contribution in [-0.2, 0) is 16.1 Å². The molecule has 2 rings (SSSR count). The molecule has 5 nitrogen and oxygen atoms in total. The molecule has 0 aliphatic rings. The Balaban J connectivity index is 2.28. The van der Waals surface area contributed by atoms with Crippen LogP contribution in [0.3, 0.4) is 0 Å². The van der Waals surface area contributed by atoms with Crippen LogP contribution in [0.5, 0.6) is 5.75 Å². The second kappa shape index (κ2) is 10.9. The van der Waals surface area contributed by atoms with Gasteiger partial charge in [0.05, 0.1) is 0 Å². The number of nitrogens with one attached hydrogen (secondary N) is 1.